The minimum atomic E-state index is -0.950. The molecule has 0 spiro atoms. The first-order valence-electron chi connectivity index (χ1n) is 5.56. The van der Waals surface area contributed by atoms with Crippen molar-refractivity contribution in [2.24, 2.45) is 0 Å². The van der Waals surface area contributed by atoms with E-state index < -0.39 is 33.5 Å². The number of nitrogens with two attached hydrogens (primary N) is 1. The molecule has 1 aromatic carbocycles. The zero-order chi connectivity index (χ0) is 15.0. The monoisotopic (exact) mass is 280 g/mol. The molecule has 1 heterocycles. The SMILES string of the molecule is Cc1ccc(F)c(-c2nc(N)nc(C)c2[N+](=O)[O-])c1F. The Labute approximate surface area is 112 Å². The molecule has 0 unspecified atom stereocenters. The van der Waals surface area contributed by atoms with Gasteiger partial charge in [-0.3, -0.25) is 10.1 Å². The summed E-state index contributed by atoms with van der Waals surface area (Å²) in [6.45, 7) is 2.74. The Hall–Kier alpha value is -2.64. The summed E-state index contributed by atoms with van der Waals surface area (Å²) in [5, 5.41) is 11.1. The second-order valence-corrected chi connectivity index (χ2v) is 4.17. The second kappa shape index (κ2) is 4.80. The number of hydrogen-bond acceptors (Lipinski definition) is 5. The molecule has 2 rings (SSSR count). The predicted molar refractivity (Wildman–Crippen MR) is 67.9 cm³/mol. The first kappa shape index (κ1) is 13.8. The van der Waals surface area contributed by atoms with E-state index in [0.29, 0.717) is 0 Å². The summed E-state index contributed by atoms with van der Waals surface area (Å²) < 4.78 is 28.0. The molecule has 0 aliphatic carbocycles. The molecule has 2 N–H and O–H groups in total. The topological polar surface area (TPSA) is 94.9 Å². The highest BCUT2D eigenvalue weighted by Crippen LogP contribution is 2.34. The van der Waals surface area contributed by atoms with Crippen LogP contribution in [0.2, 0.25) is 0 Å². The molecule has 0 amide bonds. The summed E-state index contributed by atoms with van der Waals surface area (Å²) >= 11 is 0. The van der Waals surface area contributed by atoms with Gasteiger partial charge < -0.3 is 5.73 Å². The molecule has 0 atom stereocenters. The second-order valence-electron chi connectivity index (χ2n) is 4.17. The third-order valence-electron chi connectivity index (χ3n) is 2.78. The molecular weight excluding hydrogens is 270 g/mol. The van der Waals surface area contributed by atoms with Crippen LogP contribution in [0.5, 0.6) is 0 Å². The number of aryl methyl sites for hydroxylation is 2. The van der Waals surface area contributed by atoms with Gasteiger partial charge in [-0.2, -0.15) is 0 Å². The first-order chi connectivity index (χ1) is 9.32. The number of benzene rings is 1. The van der Waals surface area contributed by atoms with Gasteiger partial charge in [0.05, 0.1) is 10.5 Å². The van der Waals surface area contributed by atoms with Crippen LogP contribution < -0.4 is 5.73 Å². The number of anilines is 1. The lowest BCUT2D eigenvalue weighted by molar-refractivity contribution is -0.385. The summed E-state index contributed by atoms with van der Waals surface area (Å²) in [7, 11) is 0. The zero-order valence-electron chi connectivity index (χ0n) is 10.6. The summed E-state index contributed by atoms with van der Waals surface area (Å²) in [5.41, 5.74) is 3.90. The van der Waals surface area contributed by atoms with Crippen LogP contribution in [0.3, 0.4) is 0 Å². The average Bonchev–Trinajstić information content (AvgIpc) is 2.33. The number of aromatic nitrogens is 2. The fourth-order valence-electron chi connectivity index (χ4n) is 1.86. The van der Waals surface area contributed by atoms with Crippen LogP contribution in [0.25, 0.3) is 11.3 Å². The van der Waals surface area contributed by atoms with Crippen LogP contribution in [-0.4, -0.2) is 14.9 Å². The van der Waals surface area contributed by atoms with Gasteiger partial charge >= 0.3 is 5.69 Å². The van der Waals surface area contributed by atoms with Crippen LogP contribution in [0.1, 0.15) is 11.3 Å². The summed E-state index contributed by atoms with van der Waals surface area (Å²) in [4.78, 5) is 17.6. The van der Waals surface area contributed by atoms with E-state index in [0.717, 1.165) is 6.07 Å². The summed E-state index contributed by atoms with van der Waals surface area (Å²) in [5.74, 6) is -2.15. The number of nitrogen functional groups attached to an aromatic ring is 1. The lowest BCUT2D eigenvalue weighted by Gasteiger charge is -2.09. The van der Waals surface area contributed by atoms with Crippen molar-refractivity contribution in [2.75, 3.05) is 5.73 Å². The van der Waals surface area contributed by atoms with Crippen LogP contribution in [0.4, 0.5) is 20.4 Å². The van der Waals surface area contributed by atoms with Crippen molar-refractivity contribution in [3.05, 3.63) is 45.1 Å². The van der Waals surface area contributed by atoms with Gasteiger partial charge in [-0.05, 0) is 25.5 Å². The van der Waals surface area contributed by atoms with E-state index in [2.05, 4.69) is 9.97 Å². The van der Waals surface area contributed by atoms with E-state index >= 15 is 0 Å². The van der Waals surface area contributed by atoms with Crippen LogP contribution in [-0.2, 0) is 0 Å². The van der Waals surface area contributed by atoms with E-state index in [1.54, 1.807) is 0 Å². The highest BCUT2D eigenvalue weighted by atomic mass is 19.1. The van der Waals surface area contributed by atoms with Crippen LogP contribution in [0.15, 0.2) is 12.1 Å². The maximum atomic E-state index is 14.1. The van der Waals surface area contributed by atoms with Crippen molar-refractivity contribution in [1.82, 2.24) is 9.97 Å². The molecule has 1 aromatic heterocycles. The third kappa shape index (κ3) is 2.15. The Kier molecular flexibility index (Phi) is 3.31. The Morgan fingerprint density at radius 1 is 1.25 bits per heavy atom. The van der Waals surface area contributed by atoms with E-state index in [9.17, 15) is 18.9 Å². The smallest absolute Gasteiger partial charge is 0.316 e. The van der Waals surface area contributed by atoms with Gasteiger partial charge in [-0.25, -0.2) is 18.7 Å². The maximum Gasteiger partial charge on any atom is 0.316 e. The molecule has 0 aliphatic heterocycles. The number of nitro groups is 1. The molecule has 0 fully saturated rings. The number of rotatable bonds is 2. The highest BCUT2D eigenvalue weighted by Gasteiger charge is 2.27. The van der Waals surface area contributed by atoms with Crippen molar-refractivity contribution < 1.29 is 13.7 Å². The minimum Gasteiger partial charge on any atom is -0.368 e. The quantitative estimate of drug-likeness (QED) is 0.673. The zero-order valence-corrected chi connectivity index (χ0v) is 10.6. The Morgan fingerprint density at radius 3 is 2.50 bits per heavy atom. The molecule has 104 valence electrons. The fraction of sp³-hybridized carbons (Fsp3) is 0.167. The van der Waals surface area contributed by atoms with Gasteiger partial charge in [0.25, 0.3) is 0 Å². The van der Waals surface area contributed by atoms with Crippen molar-refractivity contribution in [3.8, 4) is 11.3 Å². The molecule has 0 saturated carbocycles. The van der Waals surface area contributed by atoms with Crippen LogP contribution >= 0.6 is 0 Å². The molecule has 2 aromatic rings. The Morgan fingerprint density at radius 2 is 1.90 bits per heavy atom. The number of halogens is 2. The van der Waals surface area contributed by atoms with E-state index in [1.165, 1.54) is 19.9 Å². The molecule has 0 radical (unpaired) electrons. The third-order valence-corrected chi connectivity index (χ3v) is 2.78. The predicted octanol–water partition coefficient (Wildman–Crippen LogP) is 2.53. The number of hydrogen-bond donors (Lipinski definition) is 1. The van der Waals surface area contributed by atoms with E-state index in [4.69, 9.17) is 5.73 Å². The van der Waals surface area contributed by atoms with Crippen molar-refractivity contribution in [2.45, 2.75) is 13.8 Å². The first-order valence-corrected chi connectivity index (χ1v) is 5.56. The van der Waals surface area contributed by atoms with Gasteiger partial charge in [-0.1, -0.05) is 6.07 Å². The van der Waals surface area contributed by atoms with Crippen LogP contribution in [0, 0.1) is 35.6 Å². The highest BCUT2D eigenvalue weighted by molar-refractivity contribution is 5.73. The summed E-state index contributed by atoms with van der Waals surface area (Å²) in [6, 6.07) is 2.25. The lowest BCUT2D eigenvalue weighted by Crippen LogP contribution is -2.07. The van der Waals surface area contributed by atoms with Crippen molar-refractivity contribution >= 4 is 11.6 Å². The van der Waals surface area contributed by atoms with E-state index in [-0.39, 0.29) is 17.2 Å². The normalized spacial score (nSPS) is 10.6. The molecule has 0 aliphatic rings. The Balaban J connectivity index is 2.89. The fourth-order valence-corrected chi connectivity index (χ4v) is 1.86. The molecule has 0 bridgehead atoms. The lowest BCUT2D eigenvalue weighted by atomic mass is 10.0. The van der Waals surface area contributed by atoms with Crippen molar-refractivity contribution in [3.63, 3.8) is 0 Å². The molecular formula is C12H10F2N4O2. The number of nitrogens with zero attached hydrogens (tertiary/aromatic N) is 3. The van der Waals surface area contributed by atoms with Gasteiger partial charge in [0.1, 0.15) is 17.3 Å². The molecule has 6 nitrogen and oxygen atoms in total. The molecule has 8 heteroatoms. The largest absolute Gasteiger partial charge is 0.368 e. The van der Waals surface area contributed by atoms with Gasteiger partial charge in [-0.15, -0.1) is 0 Å². The van der Waals surface area contributed by atoms with Gasteiger partial charge in [0, 0.05) is 0 Å². The Bertz CT molecular complexity index is 719. The standard InChI is InChI=1S/C12H10F2N4O2/c1-5-3-4-7(13)8(9(5)14)10-11(18(19)20)6(2)16-12(15)17-10/h3-4H,1-2H3,(H2,15,16,17). The van der Waals surface area contributed by atoms with E-state index in [1.807, 2.05) is 0 Å². The molecule has 0 saturated heterocycles. The average molecular weight is 280 g/mol. The van der Waals surface area contributed by atoms with Gasteiger partial charge in [0.15, 0.2) is 5.69 Å². The molecule has 20 heavy (non-hydrogen) atoms. The maximum absolute atomic E-state index is 14.1. The van der Waals surface area contributed by atoms with Gasteiger partial charge in [0.2, 0.25) is 5.95 Å². The minimum absolute atomic E-state index is 0.0576. The van der Waals surface area contributed by atoms with Crippen molar-refractivity contribution in [1.29, 1.82) is 0 Å². The summed E-state index contributed by atoms with van der Waals surface area (Å²) in [6.07, 6.45) is 0.